The van der Waals surface area contributed by atoms with Crippen LogP contribution < -0.4 is 10.6 Å². The molecule has 2 aromatic rings. The number of anilines is 1. The standard InChI is InChI=1S/C15H19BrN2S/c1-3-18(12-6-4-5-11(2)9-12)14(10-17)15-13(16)7-8-19-15/h4-9,14H,3,10,17H2,1-2H3. The topological polar surface area (TPSA) is 29.3 Å². The van der Waals surface area contributed by atoms with Crippen LogP contribution in [0.5, 0.6) is 0 Å². The average molecular weight is 339 g/mol. The van der Waals surface area contributed by atoms with Gasteiger partial charge in [-0.1, -0.05) is 12.1 Å². The summed E-state index contributed by atoms with van der Waals surface area (Å²) in [6.07, 6.45) is 0. The summed E-state index contributed by atoms with van der Waals surface area (Å²) in [7, 11) is 0. The van der Waals surface area contributed by atoms with Crippen LogP contribution in [0, 0.1) is 6.92 Å². The van der Waals surface area contributed by atoms with Crippen molar-refractivity contribution in [3.63, 3.8) is 0 Å². The van der Waals surface area contributed by atoms with E-state index < -0.39 is 0 Å². The monoisotopic (exact) mass is 338 g/mol. The van der Waals surface area contributed by atoms with E-state index in [9.17, 15) is 0 Å². The van der Waals surface area contributed by atoms with E-state index in [1.54, 1.807) is 11.3 Å². The van der Waals surface area contributed by atoms with Crippen LogP contribution in [0.3, 0.4) is 0 Å². The second-order valence-corrected chi connectivity index (χ2v) is 6.31. The fraction of sp³-hybridized carbons (Fsp3) is 0.333. The van der Waals surface area contributed by atoms with Gasteiger partial charge in [0.15, 0.2) is 0 Å². The lowest BCUT2D eigenvalue weighted by Crippen LogP contribution is -2.33. The van der Waals surface area contributed by atoms with E-state index >= 15 is 0 Å². The summed E-state index contributed by atoms with van der Waals surface area (Å²) in [6, 6.07) is 10.9. The van der Waals surface area contributed by atoms with Crippen molar-refractivity contribution in [2.45, 2.75) is 19.9 Å². The lowest BCUT2D eigenvalue weighted by Gasteiger charge is -2.32. The fourth-order valence-electron chi connectivity index (χ4n) is 2.31. The molecule has 0 radical (unpaired) electrons. The highest BCUT2D eigenvalue weighted by Crippen LogP contribution is 2.34. The molecule has 2 N–H and O–H groups in total. The number of nitrogens with two attached hydrogens (primary N) is 1. The third kappa shape index (κ3) is 3.19. The predicted molar refractivity (Wildman–Crippen MR) is 88.0 cm³/mol. The van der Waals surface area contributed by atoms with Crippen LogP contribution in [0.4, 0.5) is 5.69 Å². The maximum atomic E-state index is 6.03. The minimum Gasteiger partial charge on any atom is -0.363 e. The van der Waals surface area contributed by atoms with Crippen molar-refractivity contribution in [3.05, 3.63) is 50.6 Å². The molecule has 0 aliphatic heterocycles. The van der Waals surface area contributed by atoms with Gasteiger partial charge < -0.3 is 10.6 Å². The molecule has 1 unspecified atom stereocenters. The third-order valence-electron chi connectivity index (χ3n) is 3.22. The lowest BCUT2D eigenvalue weighted by atomic mass is 10.1. The lowest BCUT2D eigenvalue weighted by molar-refractivity contribution is 0.651. The van der Waals surface area contributed by atoms with E-state index in [1.807, 2.05) is 0 Å². The number of thiophene rings is 1. The molecule has 2 rings (SSSR count). The molecule has 0 aliphatic carbocycles. The van der Waals surface area contributed by atoms with Gasteiger partial charge in [-0.25, -0.2) is 0 Å². The van der Waals surface area contributed by atoms with Crippen molar-refractivity contribution in [1.29, 1.82) is 0 Å². The third-order valence-corrected chi connectivity index (χ3v) is 5.19. The molecule has 0 fully saturated rings. The van der Waals surface area contributed by atoms with E-state index in [2.05, 4.69) is 70.4 Å². The highest BCUT2D eigenvalue weighted by atomic mass is 79.9. The molecule has 0 bridgehead atoms. The van der Waals surface area contributed by atoms with Crippen molar-refractivity contribution in [3.8, 4) is 0 Å². The first-order chi connectivity index (χ1) is 9.17. The Kier molecular flexibility index (Phi) is 5.02. The van der Waals surface area contributed by atoms with E-state index in [-0.39, 0.29) is 6.04 Å². The Balaban J connectivity index is 2.37. The number of aryl methyl sites for hydroxylation is 1. The van der Waals surface area contributed by atoms with Crippen LogP contribution in [0.2, 0.25) is 0 Å². The van der Waals surface area contributed by atoms with Crippen LogP contribution in [0.25, 0.3) is 0 Å². The number of benzene rings is 1. The zero-order valence-corrected chi connectivity index (χ0v) is 13.7. The van der Waals surface area contributed by atoms with E-state index in [0.29, 0.717) is 6.54 Å². The fourth-order valence-corrected chi connectivity index (χ4v) is 4.07. The minimum absolute atomic E-state index is 0.223. The van der Waals surface area contributed by atoms with Crippen molar-refractivity contribution in [2.24, 2.45) is 5.73 Å². The SMILES string of the molecule is CCN(c1cccc(C)c1)C(CN)c1sccc1Br. The minimum atomic E-state index is 0.223. The number of rotatable bonds is 5. The van der Waals surface area contributed by atoms with Crippen molar-refractivity contribution in [2.75, 3.05) is 18.0 Å². The summed E-state index contributed by atoms with van der Waals surface area (Å²) < 4.78 is 1.15. The smallest absolute Gasteiger partial charge is 0.0768 e. The van der Waals surface area contributed by atoms with Crippen molar-refractivity contribution < 1.29 is 0 Å². The molecule has 102 valence electrons. The van der Waals surface area contributed by atoms with Gasteiger partial charge >= 0.3 is 0 Å². The zero-order chi connectivity index (χ0) is 13.8. The van der Waals surface area contributed by atoms with E-state index in [4.69, 9.17) is 5.73 Å². The second-order valence-electron chi connectivity index (χ2n) is 4.51. The molecule has 0 amide bonds. The molecular weight excluding hydrogens is 320 g/mol. The first kappa shape index (κ1) is 14.6. The van der Waals surface area contributed by atoms with Gasteiger partial charge in [0.05, 0.1) is 6.04 Å². The van der Waals surface area contributed by atoms with Gasteiger partial charge in [0.25, 0.3) is 0 Å². The summed E-state index contributed by atoms with van der Waals surface area (Å²) in [5, 5.41) is 2.10. The summed E-state index contributed by atoms with van der Waals surface area (Å²) in [5.41, 5.74) is 8.54. The molecule has 2 nitrogen and oxygen atoms in total. The quantitative estimate of drug-likeness (QED) is 0.878. The molecule has 1 heterocycles. The molecule has 0 aliphatic rings. The largest absolute Gasteiger partial charge is 0.363 e. The normalized spacial score (nSPS) is 12.4. The highest BCUT2D eigenvalue weighted by Gasteiger charge is 2.21. The van der Waals surface area contributed by atoms with Crippen LogP contribution in [-0.2, 0) is 0 Å². The van der Waals surface area contributed by atoms with Crippen molar-refractivity contribution >= 4 is 33.0 Å². The Morgan fingerprint density at radius 2 is 2.16 bits per heavy atom. The van der Waals surface area contributed by atoms with Gasteiger partial charge in [0, 0.05) is 28.1 Å². The number of hydrogen-bond acceptors (Lipinski definition) is 3. The average Bonchev–Trinajstić information content (AvgIpc) is 2.82. The molecule has 1 atom stereocenters. The van der Waals surface area contributed by atoms with Crippen LogP contribution in [0.1, 0.15) is 23.4 Å². The summed E-state index contributed by atoms with van der Waals surface area (Å²) in [6.45, 7) is 5.85. The number of halogens is 1. The van der Waals surface area contributed by atoms with Gasteiger partial charge in [-0.2, -0.15) is 0 Å². The van der Waals surface area contributed by atoms with Crippen molar-refractivity contribution in [1.82, 2.24) is 0 Å². The Labute approximate surface area is 127 Å². The van der Waals surface area contributed by atoms with Gasteiger partial charge in [-0.3, -0.25) is 0 Å². The maximum absolute atomic E-state index is 6.03. The number of likely N-dealkylation sites (N-methyl/N-ethyl adjacent to an activating group) is 1. The second kappa shape index (κ2) is 6.55. The number of hydrogen-bond donors (Lipinski definition) is 1. The Hall–Kier alpha value is -0.840. The van der Waals surface area contributed by atoms with Crippen LogP contribution in [0.15, 0.2) is 40.2 Å². The van der Waals surface area contributed by atoms with Gasteiger partial charge in [0.1, 0.15) is 0 Å². The number of nitrogens with zero attached hydrogens (tertiary/aromatic N) is 1. The first-order valence-electron chi connectivity index (χ1n) is 6.43. The Morgan fingerprint density at radius 3 is 2.68 bits per heavy atom. The zero-order valence-electron chi connectivity index (χ0n) is 11.3. The summed E-state index contributed by atoms with van der Waals surface area (Å²) in [4.78, 5) is 3.66. The summed E-state index contributed by atoms with van der Waals surface area (Å²) in [5.74, 6) is 0. The molecule has 1 aromatic heterocycles. The Bertz CT molecular complexity index is 538. The molecule has 1 aromatic carbocycles. The molecule has 19 heavy (non-hydrogen) atoms. The molecule has 0 saturated carbocycles. The molecule has 0 saturated heterocycles. The Morgan fingerprint density at radius 1 is 1.37 bits per heavy atom. The predicted octanol–water partition coefficient (Wildman–Crippen LogP) is 4.35. The van der Waals surface area contributed by atoms with E-state index in [0.717, 1.165) is 11.0 Å². The molecule has 0 spiro atoms. The van der Waals surface area contributed by atoms with Gasteiger partial charge in [-0.05, 0) is 58.9 Å². The maximum Gasteiger partial charge on any atom is 0.0768 e. The van der Waals surface area contributed by atoms with Crippen LogP contribution in [-0.4, -0.2) is 13.1 Å². The highest BCUT2D eigenvalue weighted by molar-refractivity contribution is 9.10. The van der Waals surface area contributed by atoms with E-state index in [1.165, 1.54) is 16.1 Å². The molecule has 4 heteroatoms. The van der Waals surface area contributed by atoms with Gasteiger partial charge in [-0.15, -0.1) is 11.3 Å². The van der Waals surface area contributed by atoms with Crippen LogP contribution >= 0.6 is 27.3 Å². The summed E-state index contributed by atoms with van der Waals surface area (Å²) >= 11 is 5.38. The first-order valence-corrected chi connectivity index (χ1v) is 8.11. The molecular formula is C15H19BrN2S. The van der Waals surface area contributed by atoms with Gasteiger partial charge in [0.2, 0.25) is 0 Å².